The van der Waals surface area contributed by atoms with Crippen LogP contribution in [0.5, 0.6) is 0 Å². The van der Waals surface area contributed by atoms with E-state index in [4.69, 9.17) is 10.2 Å². The Labute approximate surface area is 140 Å². The van der Waals surface area contributed by atoms with Crippen LogP contribution in [0.2, 0.25) is 0 Å². The van der Waals surface area contributed by atoms with Crippen LogP contribution in [0.25, 0.3) is 0 Å². The number of hydrogen-bond acceptors (Lipinski definition) is 2. The molecule has 0 aliphatic heterocycles. The topological polar surface area (TPSA) is 74.6 Å². The van der Waals surface area contributed by atoms with E-state index in [9.17, 15) is 9.59 Å². The fraction of sp³-hybridized carbons (Fsp3) is 0.684. The van der Waals surface area contributed by atoms with Crippen molar-refractivity contribution in [1.29, 1.82) is 0 Å². The summed E-state index contributed by atoms with van der Waals surface area (Å²) in [5, 5.41) is 17.9. The van der Waals surface area contributed by atoms with Gasteiger partial charge in [-0.1, -0.05) is 64.2 Å². The molecule has 0 unspecified atom stereocenters. The van der Waals surface area contributed by atoms with Crippen molar-refractivity contribution in [3.05, 3.63) is 24.3 Å². The Bertz CT molecular complexity index is 385. The average molecular weight is 324 g/mol. The van der Waals surface area contributed by atoms with E-state index in [1.807, 2.05) is 0 Å². The van der Waals surface area contributed by atoms with Gasteiger partial charge in [0, 0.05) is 5.57 Å². The molecule has 4 nitrogen and oxygen atoms in total. The molecule has 1 atom stereocenters. The molecule has 0 radical (unpaired) electrons. The number of unbranched alkanes of at least 4 members (excludes halogenated alkanes) is 8. The smallest absolute Gasteiger partial charge is 0.331 e. The maximum absolute atomic E-state index is 11.0. The zero-order chi connectivity index (χ0) is 17.5. The van der Waals surface area contributed by atoms with Gasteiger partial charge in [0.25, 0.3) is 0 Å². The first-order valence-electron chi connectivity index (χ1n) is 8.80. The highest BCUT2D eigenvalue weighted by molar-refractivity contribution is 5.93. The molecular weight excluding hydrogens is 292 g/mol. The molecule has 0 rings (SSSR count). The Morgan fingerprint density at radius 3 is 1.96 bits per heavy atom. The largest absolute Gasteiger partial charge is 0.481 e. The maximum atomic E-state index is 11.0. The van der Waals surface area contributed by atoms with Crippen molar-refractivity contribution < 1.29 is 19.8 Å². The second-order valence-corrected chi connectivity index (χ2v) is 6.03. The zero-order valence-electron chi connectivity index (χ0n) is 14.4. The first kappa shape index (κ1) is 21.4. The van der Waals surface area contributed by atoms with E-state index in [0.717, 1.165) is 19.3 Å². The number of carboxylic acid groups (broad SMARTS) is 2. The Balaban J connectivity index is 3.66. The van der Waals surface area contributed by atoms with Crippen LogP contribution in [-0.4, -0.2) is 22.2 Å². The molecule has 0 aliphatic carbocycles. The second kappa shape index (κ2) is 14.0. The van der Waals surface area contributed by atoms with Gasteiger partial charge in [-0.3, -0.25) is 4.79 Å². The first-order chi connectivity index (χ1) is 11.0. The van der Waals surface area contributed by atoms with E-state index in [1.165, 1.54) is 38.5 Å². The monoisotopic (exact) mass is 324 g/mol. The standard InChI is InChI=1S/C19H32O4/c1-3-4-5-6-7-8-9-10-11-12-13-14-15-17(19(22)23)16(2)18(20)21/h10-11,17H,2-9,12-15H2,1H3,(H,20,21)(H,22,23)/b11-10-/t17-/m1/s1. The number of allylic oxidation sites excluding steroid dienone is 2. The Hall–Kier alpha value is -1.58. The third-order valence-electron chi connectivity index (χ3n) is 4.00. The van der Waals surface area contributed by atoms with Crippen molar-refractivity contribution in [3.63, 3.8) is 0 Å². The molecule has 2 N–H and O–H groups in total. The molecule has 0 spiro atoms. The lowest BCUT2D eigenvalue weighted by molar-refractivity contribution is -0.144. The van der Waals surface area contributed by atoms with Crippen LogP contribution < -0.4 is 0 Å². The van der Waals surface area contributed by atoms with Crippen molar-refractivity contribution in [1.82, 2.24) is 0 Å². The van der Waals surface area contributed by atoms with Crippen molar-refractivity contribution in [2.45, 2.75) is 77.6 Å². The predicted molar refractivity (Wildman–Crippen MR) is 93.5 cm³/mol. The molecule has 0 aromatic heterocycles. The lowest BCUT2D eigenvalue weighted by atomic mass is 9.94. The summed E-state index contributed by atoms with van der Waals surface area (Å²) in [7, 11) is 0. The van der Waals surface area contributed by atoms with E-state index < -0.39 is 17.9 Å². The van der Waals surface area contributed by atoms with Crippen LogP contribution in [-0.2, 0) is 9.59 Å². The molecule has 0 bridgehead atoms. The molecule has 0 amide bonds. The van der Waals surface area contributed by atoms with Gasteiger partial charge in [-0.05, 0) is 32.1 Å². The van der Waals surface area contributed by atoms with Crippen LogP contribution in [0.4, 0.5) is 0 Å². The lowest BCUT2D eigenvalue weighted by Crippen LogP contribution is -2.20. The quantitative estimate of drug-likeness (QED) is 0.247. The highest BCUT2D eigenvalue weighted by atomic mass is 16.4. The van der Waals surface area contributed by atoms with Crippen molar-refractivity contribution in [3.8, 4) is 0 Å². The first-order valence-corrected chi connectivity index (χ1v) is 8.80. The fourth-order valence-electron chi connectivity index (χ4n) is 2.48. The van der Waals surface area contributed by atoms with E-state index in [-0.39, 0.29) is 5.57 Å². The third kappa shape index (κ3) is 11.6. The van der Waals surface area contributed by atoms with Gasteiger partial charge in [0.2, 0.25) is 0 Å². The summed E-state index contributed by atoms with van der Waals surface area (Å²) in [4.78, 5) is 21.8. The molecule has 23 heavy (non-hydrogen) atoms. The van der Waals surface area contributed by atoms with Gasteiger partial charge >= 0.3 is 11.9 Å². The van der Waals surface area contributed by atoms with E-state index in [0.29, 0.717) is 12.8 Å². The van der Waals surface area contributed by atoms with Crippen LogP contribution >= 0.6 is 0 Å². The minimum absolute atomic E-state index is 0.226. The predicted octanol–water partition coefficient (Wildman–Crippen LogP) is 5.20. The minimum atomic E-state index is -1.23. The Kier molecular flexibility index (Phi) is 13.1. The number of rotatable bonds is 15. The van der Waals surface area contributed by atoms with Gasteiger partial charge in [-0.15, -0.1) is 0 Å². The van der Waals surface area contributed by atoms with Crippen LogP contribution in [0.15, 0.2) is 24.3 Å². The number of carbonyl (C=O) groups is 2. The third-order valence-corrected chi connectivity index (χ3v) is 4.00. The second-order valence-electron chi connectivity index (χ2n) is 6.03. The summed E-state index contributed by atoms with van der Waals surface area (Å²) in [6, 6.07) is 0. The molecule has 4 heteroatoms. The summed E-state index contributed by atoms with van der Waals surface area (Å²) < 4.78 is 0. The van der Waals surface area contributed by atoms with Gasteiger partial charge < -0.3 is 10.2 Å². The fourth-order valence-corrected chi connectivity index (χ4v) is 2.48. The summed E-state index contributed by atoms with van der Waals surface area (Å²) in [6.45, 7) is 5.58. The number of aliphatic carboxylic acids is 2. The van der Waals surface area contributed by atoms with Gasteiger partial charge in [-0.2, -0.15) is 0 Å². The molecule has 0 saturated heterocycles. The summed E-state index contributed by atoms with van der Waals surface area (Å²) in [5.74, 6) is -3.30. The van der Waals surface area contributed by atoms with E-state index in [1.54, 1.807) is 0 Å². The van der Waals surface area contributed by atoms with E-state index in [2.05, 4.69) is 25.7 Å². The zero-order valence-corrected chi connectivity index (χ0v) is 14.4. The summed E-state index contributed by atoms with van der Waals surface area (Å²) in [6.07, 6.45) is 16.1. The Morgan fingerprint density at radius 2 is 1.43 bits per heavy atom. The number of hydrogen-bond donors (Lipinski definition) is 2. The van der Waals surface area contributed by atoms with Crippen LogP contribution in [0, 0.1) is 5.92 Å². The highest BCUT2D eigenvalue weighted by Gasteiger charge is 2.24. The molecule has 0 aromatic carbocycles. The molecule has 0 aliphatic rings. The average Bonchev–Trinajstić information content (AvgIpc) is 2.51. The van der Waals surface area contributed by atoms with Crippen LogP contribution in [0.3, 0.4) is 0 Å². The minimum Gasteiger partial charge on any atom is -0.481 e. The molecule has 132 valence electrons. The highest BCUT2D eigenvalue weighted by Crippen LogP contribution is 2.18. The van der Waals surface area contributed by atoms with Gasteiger partial charge in [-0.25, -0.2) is 4.79 Å². The maximum Gasteiger partial charge on any atom is 0.331 e. The van der Waals surface area contributed by atoms with E-state index >= 15 is 0 Å². The normalized spacial score (nSPS) is 12.4. The molecule has 0 saturated carbocycles. The Morgan fingerprint density at radius 1 is 0.913 bits per heavy atom. The van der Waals surface area contributed by atoms with Gasteiger partial charge in [0.05, 0.1) is 5.92 Å². The van der Waals surface area contributed by atoms with Crippen LogP contribution in [0.1, 0.15) is 77.6 Å². The summed E-state index contributed by atoms with van der Waals surface area (Å²) >= 11 is 0. The molecule has 0 heterocycles. The summed E-state index contributed by atoms with van der Waals surface area (Å²) in [5.41, 5.74) is -0.226. The van der Waals surface area contributed by atoms with Gasteiger partial charge in [0.1, 0.15) is 0 Å². The molecule has 0 aromatic rings. The molecule has 0 fully saturated rings. The SMILES string of the molecule is C=C(C(=O)O)[C@@H](CCCC/C=C\CCCCCCCC)C(=O)O. The van der Waals surface area contributed by atoms with Crippen molar-refractivity contribution in [2.24, 2.45) is 5.92 Å². The van der Waals surface area contributed by atoms with Gasteiger partial charge in [0.15, 0.2) is 0 Å². The number of carboxylic acids is 2. The van der Waals surface area contributed by atoms with Crippen molar-refractivity contribution in [2.75, 3.05) is 0 Å². The van der Waals surface area contributed by atoms with Crippen molar-refractivity contribution >= 4 is 11.9 Å². The molecular formula is C19H32O4. The lowest BCUT2D eigenvalue weighted by Gasteiger charge is -2.11.